The quantitative estimate of drug-likeness (QED) is 0.702. The SMILES string of the molecule is CC(C)(C)SCC(=O)[C@@]1(O)CC[C@H]2[C@@H]3CCC4=CC(=O)C=C[C@]4(C)[C@H]3[C@@H](O)C[C@@]21C. The Morgan fingerprint density at radius 3 is 2.63 bits per heavy atom. The van der Waals surface area contributed by atoms with E-state index in [1.807, 2.05) is 13.0 Å². The van der Waals surface area contributed by atoms with E-state index in [0.717, 1.165) is 24.8 Å². The average molecular weight is 433 g/mol. The van der Waals surface area contributed by atoms with Gasteiger partial charge in [0.15, 0.2) is 11.6 Å². The number of carbonyl (C=O) groups excluding carboxylic acids is 2. The number of carbonyl (C=O) groups is 2. The van der Waals surface area contributed by atoms with Gasteiger partial charge in [0.1, 0.15) is 5.60 Å². The zero-order chi connectivity index (χ0) is 22.1. The van der Waals surface area contributed by atoms with Gasteiger partial charge < -0.3 is 10.2 Å². The van der Waals surface area contributed by atoms with Crippen molar-refractivity contribution in [3.05, 3.63) is 23.8 Å². The van der Waals surface area contributed by atoms with Crippen LogP contribution in [-0.2, 0) is 9.59 Å². The molecule has 0 saturated heterocycles. The van der Waals surface area contributed by atoms with E-state index in [2.05, 4.69) is 27.7 Å². The number of hydrogen-bond donors (Lipinski definition) is 2. The molecule has 2 N–H and O–H groups in total. The lowest BCUT2D eigenvalue weighted by Crippen LogP contribution is -2.61. The van der Waals surface area contributed by atoms with Gasteiger partial charge in [-0.05, 0) is 56.1 Å². The average Bonchev–Trinajstić information content (AvgIpc) is 2.91. The van der Waals surface area contributed by atoms with Crippen LogP contribution in [0.5, 0.6) is 0 Å². The maximum absolute atomic E-state index is 13.3. The summed E-state index contributed by atoms with van der Waals surface area (Å²) in [6, 6.07) is 0. The van der Waals surface area contributed by atoms with Crippen LogP contribution in [0.15, 0.2) is 23.8 Å². The molecule has 0 bridgehead atoms. The molecular weight excluding hydrogens is 396 g/mol. The van der Waals surface area contributed by atoms with E-state index in [4.69, 9.17) is 0 Å². The van der Waals surface area contributed by atoms with Crippen LogP contribution in [0.3, 0.4) is 0 Å². The van der Waals surface area contributed by atoms with Crippen LogP contribution in [0.25, 0.3) is 0 Å². The first-order chi connectivity index (χ1) is 13.8. The highest BCUT2D eigenvalue weighted by atomic mass is 32.2. The largest absolute Gasteiger partial charge is 0.393 e. The Labute approximate surface area is 184 Å². The first-order valence-corrected chi connectivity index (χ1v) is 12.3. The molecule has 0 aromatic carbocycles. The summed E-state index contributed by atoms with van der Waals surface area (Å²) in [5.74, 6) is 0.750. The maximum Gasteiger partial charge on any atom is 0.178 e. The van der Waals surface area contributed by atoms with Crippen LogP contribution < -0.4 is 0 Å². The Hall–Kier alpha value is -0.910. The molecule has 0 aliphatic heterocycles. The highest BCUT2D eigenvalue weighted by molar-refractivity contribution is 8.01. The summed E-state index contributed by atoms with van der Waals surface area (Å²) in [5.41, 5.74) is -1.15. The van der Waals surface area contributed by atoms with Gasteiger partial charge >= 0.3 is 0 Å². The van der Waals surface area contributed by atoms with Gasteiger partial charge in [0.2, 0.25) is 0 Å². The molecule has 4 nitrogen and oxygen atoms in total. The van der Waals surface area contributed by atoms with E-state index in [-0.39, 0.29) is 39.5 Å². The van der Waals surface area contributed by atoms with Crippen molar-refractivity contribution in [3.63, 3.8) is 0 Å². The van der Waals surface area contributed by atoms with E-state index in [1.54, 1.807) is 23.9 Å². The number of Topliss-reactive ketones (excluding diaryl/α,β-unsaturated/α-hetero) is 1. The van der Waals surface area contributed by atoms with Gasteiger partial charge in [-0.2, -0.15) is 0 Å². The summed E-state index contributed by atoms with van der Waals surface area (Å²) in [5, 5.41) is 23.1. The Bertz CT molecular complexity index is 823. The highest BCUT2D eigenvalue weighted by Gasteiger charge is 2.67. The molecule has 0 amide bonds. The number of aliphatic hydroxyl groups excluding tert-OH is 1. The zero-order valence-corrected chi connectivity index (χ0v) is 19.7. The third kappa shape index (κ3) is 3.18. The van der Waals surface area contributed by atoms with Gasteiger partial charge in [-0.3, -0.25) is 9.59 Å². The van der Waals surface area contributed by atoms with E-state index in [9.17, 15) is 19.8 Å². The lowest BCUT2D eigenvalue weighted by atomic mass is 9.46. The zero-order valence-electron chi connectivity index (χ0n) is 18.9. The number of rotatable bonds is 3. The highest BCUT2D eigenvalue weighted by Crippen LogP contribution is 2.67. The summed E-state index contributed by atoms with van der Waals surface area (Å²) in [7, 11) is 0. The normalized spacial score (nSPS) is 45.4. The van der Waals surface area contributed by atoms with Crippen LogP contribution in [0.4, 0.5) is 0 Å². The summed E-state index contributed by atoms with van der Waals surface area (Å²) in [4.78, 5) is 25.2. The molecule has 4 aliphatic rings. The molecule has 0 aromatic heterocycles. The second kappa shape index (κ2) is 7.05. The Morgan fingerprint density at radius 1 is 1.27 bits per heavy atom. The Balaban J connectivity index is 1.64. The first kappa shape index (κ1) is 22.3. The fourth-order valence-corrected chi connectivity index (χ4v) is 7.99. The van der Waals surface area contributed by atoms with Crippen molar-refractivity contribution in [2.45, 2.75) is 83.2 Å². The number of thioether (sulfide) groups is 1. The molecule has 0 unspecified atom stereocenters. The van der Waals surface area contributed by atoms with E-state index in [1.165, 1.54) is 0 Å². The lowest BCUT2D eigenvalue weighted by Gasteiger charge is -2.59. The summed E-state index contributed by atoms with van der Waals surface area (Å²) >= 11 is 1.58. The molecule has 166 valence electrons. The molecule has 7 atom stereocenters. The van der Waals surface area contributed by atoms with Gasteiger partial charge in [-0.25, -0.2) is 0 Å². The van der Waals surface area contributed by atoms with Gasteiger partial charge in [0, 0.05) is 21.5 Å². The molecule has 5 heteroatoms. The van der Waals surface area contributed by atoms with Crippen LogP contribution in [0.2, 0.25) is 0 Å². The third-order valence-corrected chi connectivity index (χ3v) is 10.0. The minimum atomic E-state index is -1.36. The smallest absolute Gasteiger partial charge is 0.178 e. The minimum absolute atomic E-state index is 0.0290. The van der Waals surface area contributed by atoms with Crippen molar-refractivity contribution in [1.82, 2.24) is 0 Å². The predicted octanol–water partition coefficient (Wildman–Crippen LogP) is 4.10. The maximum atomic E-state index is 13.3. The Kier molecular flexibility index (Phi) is 5.24. The number of aliphatic hydroxyl groups is 2. The van der Waals surface area contributed by atoms with E-state index in [0.29, 0.717) is 18.6 Å². The fourth-order valence-electron chi connectivity index (χ4n) is 7.19. The van der Waals surface area contributed by atoms with Gasteiger partial charge in [0.25, 0.3) is 0 Å². The Morgan fingerprint density at radius 2 is 1.97 bits per heavy atom. The molecule has 3 saturated carbocycles. The predicted molar refractivity (Wildman–Crippen MR) is 120 cm³/mol. The van der Waals surface area contributed by atoms with Crippen LogP contribution >= 0.6 is 11.8 Å². The molecule has 0 aromatic rings. The topological polar surface area (TPSA) is 74.6 Å². The number of allylic oxidation sites excluding steroid dienone is 4. The van der Waals surface area contributed by atoms with Crippen molar-refractivity contribution in [2.75, 3.05) is 5.75 Å². The number of hydrogen-bond acceptors (Lipinski definition) is 5. The molecular formula is C25H36O4S. The fraction of sp³-hybridized carbons (Fsp3) is 0.760. The molecule has 3 fully saturated rings. The second-order valence-electron chi connectivity index (χ2n) is 11.4. The standard InChI is InChI=1S/C25H36O4S/c1-22(2,3)30-14-20(28)25(29)11-9-18-17-7-6-15-12-16(26)8-10-23(15,4)21(17)19(27)13-24(18,25)5/h8,10,12,17-19,21,27,29H,6-7,9,11,13-14H2,1-5H3/t17-,18-,19-,21+,23-,24-,25-/m0/s1. The van der Waals surface area contributed by atoms with E-state index >= 15 is 0 Å². The molecule has 0 spiro atoms. The van der Waals surface area contributed by atoms with Crippen LogP contribution in [-0.4, -0.2) is 44.0 Å². The monoisotopic (exact) mass is 432 g/mol. The number of fused-ring (bicyclic) bond motifs is 5. The summed E-state index contributed by atoms with van der Waals surface area (Å²) in [6.45, 7) is 10.4. The second-order valence-corrected chi connectivity index (χ2v) is 13.2. The lowest BCUT2D eigenvalue weighted by molar-refractivity contribution is -0.174. The minimum Gasteiger partial charge on any atom is -0.393 e. The third-order valence-electron chi connectivity index (χ3n) is 8.75. The number of ketones is 2. The van der Waals surface area contributed by atoms with Crippen molar-refractivity contribution in [1.29, 1.82) is 0 Å². The van der Waals surface area contributed by atoms with Crippen molar-refractivity contribution in [2.24, 2.45) is 28.6 Å². The van der Waals surface area contributed by atoms with Crippen molar-refractivity contribution < 1.29 is 19.8 Å². The van der Waals surface area contributed by atoms with E-state index < -0.39 is 17.1 Å². The van der Waals surface area contributed by atoms with Crippen molar-refractivity contribution in [3.8, 4) is 0 Å². The molecule has 0 radical (unpaired) electrons. The van der Waals surface area contributed by atoms with Gasteiger partial charge in [-0.1, -0.05) is 46.3 Å². The first-order valence-electron chi connectivity index (χ1n) is 11.3. The van der Waals surface area contributed by atoms with Gasteiger partial charge in [0.05, 0.1) is 11.9 Å². The van der Waals surface area contributed by atoms with Crippen LogP contribution in [0.1, 0.15) is 66.7 Å². The molecule has 0 heterocycles. The summed E-state index contributed by atoms with van der Waals surface area (Å²) < 4.78 is -0.0342. The van der Waals surface area contributed by atoms with Gasteiger partial charge in [-0.15, -0.1) is 11.8 Å². The molecule has 4 aliphatic carbocycles. The molecule has 4 rings (SSSR count). The van der Waals surface area contributed by atoms with Crippen molar-refractivity contribution >= 4 is 23.3 Å². The summed E-state index contributed by atoms with van der Waals surface area (Å²) in [6.07, 6.45) is 8.30. The molecule has 30 heavy (non-hydrogen) atoms. The van der Waals surface area contributed by atoms with Crippen LogP contribution in [0, 0.1) is 28.6 Å².